The molecule has 0 fully saturated rings. The number of ether oxygens (including phenoxy) is 1. The maximum Gasteiger partial charge on any atom is 0.255 e. The van der Waals surface area contributed by atoms with Gasteiger partial charge in [-0.2, -0.15) is 0 Å². The first-order chi connectivity index (χ1) is 8.56. The molecule has 0 atom stereocenters. The van der Waals surface area contributed by atoms with Crippen LogP contribution in [0.25, 0.3) is 0 Å². The highest BCUT2D eigenvalue weighted by atomic mass is 16.5. The highest BCUT2D eigenvalue weighted by molar-refractivity contribution is 5.98. The van der Waals surface area contributed by atoms with Crippen molar-refractivity contribution in [2.24, 2.45) is 5.73 Å². The van der Waals surface area contributed by atoms with Crippen molar-refractivity contribution >= 4 is 17.5 Å². The molecular formula is C12H17N3O3. The number of hydrogen-bond acceptors (Lipinski definition) is 4. The SMILES string of the molecule is COc1c(N)cccc1C(=O)NCCCC(N)=O. The average molecular weight is 251 g/mol. The number of nitrogens with two attached hydrogens (primary N) is 2. The summed E-state index contributed by atoms with van der Waals surface area (Å²) in [4.78, 5) is 22.4. The first kappa shape index (κ1) is 13.8. The van der Waals surface area contributed by atoms with Gasteiger partial charge in [0.15, 0.2) is 5.75 Å². The number of anilines is 1. The fourth-order valence-electron chi connectivity index (χ4n) is 1.52. The molecule has 0 aliphatic rings. The van der Waals surface area contributed by atoms with Crippen LogP contribution in [0.5, 0.6) is 5.75 Å². The Balaban J connectivity index is 2.61. The van der Waals surface area contributed by atoms with Crippen molar-refractivity contribution in [3.05, 3.63) is 23.8 Å². The third kappa shape index (κ3) is 3.65. The van der Waals surface area contributed by atoms with Gasteiger partial charge in [0.1, 0.15) is 0 Å². The molecule has 0 unspecified atom stereocenters. The predicted octanol–water partition coefficient (Wildman–Crippen LogP) is 0.273. The molecule has 0 bridgehead atoms. The lowest BCUT2D eigenvalue weighted by molar-refractivity contribution is -0.118. The molecule has 1 rings (SSSR count). The van der Waals surface area contributed by atoms with E-state index in [2.05, 4.69) is 5.32 Å². The van der Waals surface area contributed by atoms with Crippen LogP contribution >= 0.6 is 0 Å². The zero-order chi connectivity index (χ0) is 13.5. The Morgan fingerprint density at radius 3 is 2.72 bits per heavy atom. The summed E-state index contributed by atoms with van der Waals surface area (Å²) in [6.07, 6.45) is 0.750. The molecule has 0 saturated carbocycles. The minimum atomic E-state index is -0.384. The van der Waals surface area contributed by atoms with Gasteiger partial charge in [0.2, 0.25) is 5.91 Å². The van der Waals surface area contributed by atoms with Crippen molar-refractivity contribution in [2.75, 3.05) is 19.4 Å². The van der Waals surface area contributed by atoms with Crippen LogP contribution in [0.15, 0.2) is 18.2 Å². The first-order valence-corrected chi connectivity index (χ1v) is 5.55. The number of nitrogen functional groups attached to an aromatic ring is 1. The lowest BCUT2D eigenvalue weighted by Gasteiger charge is -2.10. The Hall–Kier alpha value is -2.24. The number of nitrogens with one attached hydrogen (secondary N) is 1. The van der Waals surface area contributed by atoms with E-state index in [9.17, 15) is 9.59 Å². The van der Waals surface area contributed by atoms with Crippen LogP contribution in [0.2, 0.25) is 0 Å². The molecule has 5 N–H and O–H groups in total. The van der Waals surface area contributed by atoms with Crippen molar-refractivity contribution in [3.63, 3.8) is 0 Å². The van der Waals surface area contributed by atoms with E-state index in [1.807, 2.05) is 0 Å². The van der Waals surface area contributed by atoms with Crippen LogP contribution in [0.1, 0.15) is 23.2 Å². The largest absolute Gasteiger partial charge is 0.494 e. The van der Waals surface area contributed by atoms with Crippen LogP contribution in [-0.2, 0) is 4.79 Å². The molecule has 0 radical (unpaired) electrons. The standard InChI is InChI=1S/C12H17N3O3/c1-18-11-8(4-2-5-9(11)13)12(17)15-7-3-6-10(14)16/h2,4-5H,3,6-7,13H2,1H3,(H2,14,16)(H,15,17). The Kier molecular flexibility index (Phi) is 4.98. The summed E-state index contributed by atoms with van der Waals surface area (Å²) in [5, 5.41) is 2.67. The molecule has 0 aliphatic carbocycles. The summed E-state index contributed by atoms with van der Waals surface area (Å²) in [5.74, 6) is -0.320. The third-order valence-corrected chi connectivity index (χ3v) is 2.38. The molecule has 98 valence electrons. The van der Waals surface area contributed by atoms with E-state index in [1.165, 1.54) is 7.11 Å². The summed E-state index contributed by atoms with van der Waals surface area (Å²) in [5.41, 5.74) is 11.5. The maximum absolute atomic E-state index is 11.9. The lowest BCUT2D eigenvalue weighted by atomic mass is 10.1. The van der Waals surface area contributed by atoms with E-state index in [0.29, 0.717) is 30.0 Å². The molecule has 6 heteroatoms. The molecule has 0 saturated heterocycles. The van der Waals surface area contributed by atoms with Gasteiger partial charge in [0.25, 0.3) is 5.91 Å². The Morgan fingerprint density at radius 2 is 2.11 bits per heavy atom. The minimum absolute atomic E-state index is 0.244. The summed E-state index contributed by atoms with van der Waals surface area (Å²) in [6, 6.07) is 4.96. The molecule has 0 heterocycles. The van der Waals surface area contributed by atoms with Gasteiger partial charge in [0, 0.05) is 13.0 Å². The second-order valence-electron chi connectivity index (χ2n) is 3.75. The van der Waals surface area contributed by atoms with Gasteiger partial charge in [-0.25, -0.2) is 0 Å². The van der Waals surface area contributed by atoms with Gasteiger partial charge in [0.05, 0.1) is 18.4 Å². The molecule has 0 aliphatic heterocycles. The summed E-state index contributed by atoms with van der Waals surface area (Å²) in [7, 11) is 1.45. The highest BCUT2D eigenvalue weighted by Crippen LogP contribution is 2.25. The molecule has 1 aromatic rings. The van der Waals surface area contributed by atoms with Gasteiger partial charge in [-0.05, 0) is 18.6 Å². The van der Waals surface area contributed by atoms with E-state index >= 15 is 0 Å². The van der Waals surface area contributed by atoms with Crippen LogP contribution in [0, 0.1) is 0 Å². The van der Waals surface area contributed by atoms with E-state index in [1.54, 1.807) is 18.2 Å². The van der Waals surface area contributed by atoms with Gasteiger partial charge >= 0.3 is 0 Å². The molecule has 6 nitrogen and oxygen atoms in total. The maximum atomic E-state index is 11.9. The summed E-state index contributed by atoms with van der Waals surface area (Å²) < 4.78 is 5.08. The Bertz CT molecular complexity index is 446. The smallest absolute Gasteiger partial charge is 0.255 e. The second kappa shape index (κ2) is 6.48. The second-order valence-corrected chi connectivity index (χ2v) is 3.75. The zero-order valence-corrected chi connectivity index (χ0v) is 10.2. The third-order valence-electron chi connectivity index (χ3n) is 2.38. The fourth-order valence-corrected chi connectivity index (χ4v) is 1.52. The summed E-state index contributed by atoms with van der Waals surface area (Å²) in [6.45, 7) is 0.375. The number of rotatable bonds is 6. The number of carbonyl (C=O) groups is 2. The lowest BCUT2D eigenvalue weighted by Crippen LogP contribution is -2.26. The van der Waals surface area contributed by atoms with Gasteiger partial charge < -0.3 is 21.5 Å². The van der Waals surface area contributed by atoms with Crippen LogP contribution < -0.4 is 21.5 Å². The number of amides is 2. The Labute approximate surface area is 105 Å². The fraction of sp³-hybridized carbons (Fsp3) is 0.333. The molecule has 18 heavy (non-hydrogen) atoms. The summed E-state index contributed by atoms with van der Waals surface area (Å²) >= 11 is 0. The topological polar surface area (TPSA) is 107 Å². The van der Waals surface area contributed by atoms with E-state index in [4.69, 9.17) is 16.2 Å². The van der Waals surface area contributed by atoms with Gasteiger partial charge in [-0.15, -0.1) is 0 Å². The number of carbonyl (C=O) groups excluding carboxylic acids is 2. The van der Waals surface area contributed by atoms with Crippen molar-refractivity contribution in [1.29, 1.82) is 0 Å². The normalized spacial score (nSPS) is 9.83. The van der Waals surface area contributed by atoms with Crippen molar-refractivity contribution in [1.82, 2.24) is 5.32 Å². The van der Waals surface area contributed by atoms with Crippen molar-refractivity contribution in [2.45, 2.75) is 12.8 Å². The molecule has 0 aromatic heterocycles. The van der Waals surface area contributed by atoms with Crippen LogP contribution in [0.4, 0.5) is 5.69 Å². The first-order valence-electron chi connectivity index (χ1n) is 5.55. The number of benzene rings is 1. The quantitative estimate of drug-likeness (QED) is 0.498. The number of para-hydroxylation sites is 1. The number of primary amides is 1. The molecular weight excluding hydrogens is 234 g/mol. The van der Waals surface area contributed by atoms with Gasteiger partial charge in [-0.1, -0.05) is 6.07 Å². The predicted molar refractivity (Wildman–Crippen MR) is 68.2 cm³/mol. The van der Waals surface area contributed by atoms with E-state index in [-0.39, 0.29) is 18.2 Å². The van der Waals surface area contributed by atoms with Crippen molar-refractivity contribution in [3.8, 4) is 5.75 Å². The van der Waals surface area contributed by atoms with E-state index < -0.39 is 0 Å². The zero-order valence-electron chi connectivity index (χ0n) is 10.2. The minimum Gasteiger partial charge on any atom is -0.494 e. The van der Waals surface area contributed by atoms with Gasteiger partial charge in [-0.3, -0.25) is 9.59 Å². The number of methoxy groups -OCH3 is 1. The number of hydrogen-bond donors (Lipinski definition) is 3. The van der Waals surface area contributed by atoms with Crippen molar-refractivity contribution < 1.29 is 14.3 Å². The highest BCUT2D eigenvalue weighted by Gasteiger charge is 2.13. The molecule has 1 aromatic carbocycles. The Morgan fingerprint density at radius 1 is 1.39 bits per heavy atom. The molecule has 2 amide bonds. The molecule has 0 spiro atoms. The van der Waals surface area contributed by atoms with Crippen LogP contribution in [-0.4, -0.2) is 25.5 Å². The van der Waals surface area contributed by atoms with Crippen LogP contribution in [0.3, 0.4) is 0 Å². The average Bonchev–Trinajstić information content (AvgIpc) is 2.33. The van der Waals surface area contributed by atoms with E-state index in [0.717, 1.165) is 0 Å². The monoisotopic (exact) mass is 251 g/mol.